The Bertz CT molecular complexity index is 559. The van der Waals surface area contributed by atoms with Gasteiger partial charge in [-0.25, -0.2) is 0 Å². The van der Waals surface area contributed by atoms with Crippen LogP contribution in [-0.4, -0.2) is 5.78 Å². The van der Waals surface area contributed by atoms with Gasteiger partial charge >= 0.3 is 0 Å². The van der Waals surface area contributed by atoms with E-state index in [1.807, 2.05) is 32.0 Å². The van der Waals surface area contributed by atoms with Crippen LogP contribution in [0.15, 0.2) is 42.5 Å². The van der Waals surface area contributed by atoms with E-state index in [1.165, 1.54) is 0 Å². The maximum Gasteiger partial charge on any atom is 0.159 e. The summed E-state index contributed by atoms with van der Waals surface area (Å²) in [5.41, 5.74) is 2.57. The fourth-order valence-corrected chi connectivity index (χ4v) is 2.13. The average molecular weight is 295 g/mol. The molecule has 2 aromatic carbocycles. The third-order valence-corrected chi connectivity index (χ3v) is 3.08. The summed E-state index contributed by atoms with van der Waals surface area (Å²) in [5, 5.41) is 1.21. The van der Waals surface area contributed by atoms with Crippen LogP contribution in [0.3, 0.4) is 0 Å². The van der Waals surface area contributed by atoms with E-state index in [-0.39, 0.29) is 5.78 Å². The van der Waals surface area contributed by atoms with Gasteiger partial charge in [0, 0.05) is 21.2 Å². The molecule has 0 aliphatic heterocycles. The second kappa shape index (κ2) is 7.32. The summed E-state index contributed by atoms with van der Waals surface area (Å²) in [6.45, 7) is 5.55. The molecule has 0 saturated heterocycles. The molecule has 3 heteroatoms. The maximum absolute atomic E-state index is 11.2. The average Bonchev–Trinajstić information content (AvgIpc) is 2.41. The zero-order valence-corrected chi connectivity index (χ0v) is 12.7. The number of rotatable bonds is 2. The first-order chi connectivity index (χ1) is 9.08. The van der Waals surface area contributed by atoms with E-state index in [1.54, 1.807) is 31.2 Å². The minimum absolute atomic E-state index is 0.0544. The van der Waals surface area contributed by atoms with Gasteiger partial charge in [0.2, 0.25) is 0 Å². The number of benzene rings is 2. The SMILES string of the molecule is CC.CC(=O)c1ccc(-c2ccc(Cl)cc2Cl)cc1. The Hall–Kier alpha value is -1.31. The van der Waals surface area contributed by atoms with Crippen LogP contribution in [0, 0.1) is 0 Å². The third-order valence-electron chi connectivity index (χ3n) is 2.53. The van der Waals surface area contributed by atoms with Crippen molar-refractivity contribution in [2.45, 2.75) is 20.8 Å². The standard InChI is InChI=1S/C14H10Cl2O.C2H6/c1-9(17)10-2-4-11(5-3-10)13-7-6-12(15)8-14(13)16;1-2/h2-8H,1H3;1-2H3. The molecule has 0 fully saturated rings. The van der Waals surface area contributed by atoms with Crippen LogP contribution in [0.2, 0.25) is 10.0 Å². The number of halogens is 2. The number of carbonyl (C=O) groups excluding carboxylic acids is 1. The summed E-state index contributed by atoms with van der Waals surface area (Å²) in [4.78, 5) is 11.2. The number of ketones is 1. The molecule has 0 aromatic heterocycles. The molecular weight excluding hydrogens is 279 g/mol. The number of hydrogen-bond acceptors (Lipinski definition) is 1. The molecule has 0 bridgehead atoms. The van der Waals surface area contributed by atoms with Crippen LogP contribution in [0.25, 0.3) is 11.1 Å². The van der Waals surface area contributed by atoms with Gasteiger partial charge in [0.15, 0.2) is 5.78 Å². The highest BCUT2D eigenvalue weighted by Gasteiger charge is 2.05. The minimum atomic E-state index is 0.0544. The van der Waals surface area contributed by atoms with Crippen molar-refractivity contribution in [1.82, 2.24) is 0 Å². The minimum Gasteiger partial charge on any atom is -0.295 e. The van der Waals surface area contributed by atoms with Crippen LogP contribution in [-0.2, 0) is 0 Å². The Kier molecular flexibility index (Phi) is 6.07. The maximum atomic E-state index is 11.2. The van der Waals surface area contributed by atoms with Gasteiger partial charge in [-0.15, -0.1) is 0 Å². The van der Waals surface area contributed by atoms with Crippen LogP contribution in [0.4, 0.5) is 0 Å². The zero-order chi connectivity index (χ0) is 14.4. The van der Waals surface area contributed by atoms with Crippen molar-refractivity contribution in [2.24, 2.45) is 0 Å². The third kappa shape index (κ3) is 4.09. The van der Waals surface area contributed by atoms with Gasteiger partial charge in [0.25, 0.3) is 0 Å². The van der Waals surface area contributed by atoms with Crippen LogP contribution in [0.1, 0.15) is 31.1 Å². The molecule has 0 aliphatic carbocycles. The van der Waals surface area contributed by atoms with Gasteiger partial charge in [0.1, 0.15) is 0 Å². The lowest BCUT2D eigenvalue weighted by Gasteiger charge is -2.05. The quantitative estimate of drug-likeness (QED) is 0.631. The molecule has 100 valence electrons. The molecule has 0 aliphatic rings. The van der Waals surface area contributed by atoms with Gasteiger partial charge in [-0.2, -0.15) is 0 Å². The van der Waals surface area contributed by atoms with E-state index in [0.29, 0.717) is 15.6 Å². The molecule has 0 spiro atoms. The highest BCUT2D eigenvalue weighted by molar-refractivity contribution is 6.36. The molecule has 2 aromatic rings. The van der Waals surface area contributed by atoms with Crippen LogP contribution >= 0.6 is 23.2 Å². The molecule has 0 heterocycles. The van der Waals surface area contributed by atoms with Gasteiger partial charge < -0.3 is 0 Å². The topological polar surface area (TPSA) is 17.1 Å². The van der Waals surface area contributed by atoms with Crippen molar-refractivity contribution in [1.29, 1.82) is 0 Å². The fourth-order valence-electron chi connectivity index (χ4n) is 1.61. The van der Waals surface area contributed by atoms with Crippen LogP contribution in [0.5, 0.6) is 0 Å². The number of Topliss-reactive ketones (excluding diaryl/α,β-unsaturated/α-hetero) is 1. The molecule has 0 atom stereocenters. The second-order valence-electron chi connectivity index (χ2n) is 3.76. The molecule has 0 N–H and O–H groups in total. The smallest absolute Gasteiger partial charge is 0.159 e. The summed E-state index contributed by atoms with van der Waals surface area (Å²) in [6, 6.07) is 12.7. The van der Waals surface area contributed by atoms with Crippen molar-refractivity contribution in [3.8, 4) is 11.1 Å². The highest BCUT2D eigenvalue weighted by Crippen LogP contribution is 2.30. The first-order valence-electron chi connectivity index (χ1n) is 6.14. The summed E-state index contributed by atoms with van der Waals surface area (Å²) >= 11 is 12.0. The Morgan fingerprint density at radius 3 is 2.00 bits per heavy atom. The van der Waals surface area contributed by atoms with Gasteiger partial charge in [-0.3, -0.25) is 4.79 Å². The van der Waals surface area contributed by atoms with Gasteiger partial charge in [-0.05, 0) is 24.6 Å². The van der Waals surface area contributed by atoms with Crippen molar-refractivity contribution in [3.05, 3.63) is 58.1 Å². The summed E-state index contributed by atoms with van der Waals surface area (Å²) < 4.78 is 0. The normalized spacial score (nSPS) is 9.53. The summed E-state index contributed by atoms with van der Waals surface area (Å²) in [7, 11) is 0. The van der Waals surface area contributed by atoms with E-state index >= 15 is 0 Å². The van der Waals surface area contributed by atoms with Crippen LogP contribution < -0.4 is 0 Å². The Morgan fingerprint density at radius 2 is 1.53 bits per heavy atom. The lowest BCUT2D eigenvalue weighted by Crippen LogP contribution is -1.90. The predicted molar refractivity (Wildman–Crippen MR) is 83.3 cm³/mol. The lowest BCUT2D eigenvalue weighted by atomic mass is 10.0. The predicted octanol–water partition coefficient (Wildman–Crippen LogP) is 5.89. The molecule has 0 amide bonds. The van der Waals surface area contributed by atoms with E-state index in [0.717, 1.165) is 11.1 Å². The molecule has 0 unspecified atom stereocenters. The molecule has 0 radical (unpaired) electrons. The van der Waals surface area contributed by atoms with Crippen molar-refractivity contribution < 1.29 is 4.79 Å². The Labute approximate surface area is 124 Å². The lowest BCUT2D eigenvalue weighted by molar-refractivity contribution is 0.101. The first-order valence-corrected chi connectivity index (χ1v) is 6.90. The van der Waals surface area contributed by atoms with Crippen molar-refractivity contribution in [2.75, 3.05) is 0 Å². The highest BCUT2D eigenvalue weighted by atomic mass is 35.5. The zero-order valence-electron chi connectivity index (χ0n) is 11.2. The second-order valence-corrected chi connectivity index (χ2v) is 4.60. The van der Waals surface area contributed by atoms with Crippen molar-refractivity contribution >= 4 is 29.0 Å². The fraction of sp³-hybridized carbons (Fsp3) is 0.188. The van der Waals surface area contributed by atoms with E-state index < -0.39 is 0 Å². The molecule has 2 rings (SSSR count). The van der Waals surface area contributed by atoms with Gasteiger partial charge in [-0.1, -0.05) is 67.4 Å². The molecule has 1 nitrogen and oxygen atoms in total. The van der Waals surface area contributed by atoms with E-state index in [4.69, 9.17) is 23.2 Å². The molecule has 0 saturated carbocycles. The summed E-state index contributed by atoms with van der Waals surface area (Å²) in [6.07, 6.45) is 0. The monoisotopic (exact) mass is 294 g/mol. The Balaban J connectivity index is 0.000000861. The van der Waals surface area contributed by atoms with Gasteiger partial charge in [0.05, 0.1) is 0 Å². The number of hydrogen-bond donors (Lipinski definition) is 0. The Morgan fingerprint density at radius 1 is 0.947 bits per heavy atom. The number of carbonyl (C=O) groups is 1. The summed E-state index contributed by atoms with van der Waals surface area (Å²) in [5.74, 6) is 0.0544. The molecular formula is C16H16Cl2O. The molecule has 19 heavy (non-hydrogen) atoms. The first kappa shape index (κ1) is 15.7. The largest absolute Gasteiger partial charge is 0.295 e. The van der Waals surface area contributed by atoms with E-state index in [9.17, 15) is 4.79 Å². The van der Waals surface area contributed by atoms with Crippen molar-refractivity contribution in [3.63, 3.8) is 0 Å². The van der Waals surface area contributed by atoms with E-state index in [2.05, 4.69) is 0 Å².